The Labute approximate surface area is 127 Å². The highest BCUT2D eigenvalue weighted by Gasteiger charge is 2.11. The first-order chi connectivity index (χ1) is 9.15. The standard InChI is InChI=1S/C14H9ClINO2/c15-11-4-2-1-3-9(11)8-17-12-7-10(16)5-6-13(12)19-14(17)18/h1-7H,8H2. The number of fused-ring (bicyclic) bond motifs is 1. The van der Waals surface area contributed by atoms with Gasteiger partial charge in [0.25, 0.3) is 0 Å². The predicted molar refractivity (Wildman–Crippen MR) is 83.7 cm³/mol. The second kappa shape index (κ2) is 5.02. The van der Waals surface area contributed by atoms with Crippen molar-refractivity contribution in [2.75, 3.05) is 0 Å². The minimum atomic E-state index is -0.364. The Bertz CT molecular complexity index is 807. The van der Waals surface area contributed by atoms with Crippen LogP contribution in [0.4, 0.5) is 0 Å². The van der Waals surface area contributed by atoms with Gasteiger partial charge in [-0.05, 0) is 52.4 Å². The van der Waals surface area contributed by atoms with Crippen LogP contribution in [0.1, 0.15) is 5.56 Å². The third-order valence-corrected chi connectivity index (χ3v) is 3.96. The summed E-state index contributed by atoms with van der Waals surface area (Å²) < 4.78 is 7.88. The highest BCUT2D eigenvalue weighted by Crippen LogP contribution is 2.20. The molecule has 0 fully saturated rings. The fourth-order valence-corrected chi connectivity index (χ4v) is 2.65. The molecule has 0 unspecified atom stereocenters. The van der Waals surface area contributed by atoms with Crippen LogP contribution in [0.3, 0.4) is 0 Å². The molecule has 1 aromatic heterocycles. The lowest BCUT2D eigenvalue weighted by molar-refractivity contribution is 0.518. The Hall–Kier alpha value is -1.27. The van der Waals surface area contributed by atoms with Crippen LogP contribution in [0.15, 0.2) is 51.7 Å². The van der Waals surface area contributed by atoms with Crippen LogP contribution in [0.25, 0.3) is 11.1 Å². The molecule has 0 aliphatic rings. The van der Waals surface area contributed by atoms with Gasteiger partial charge in [0, 0.05) is 8.59 Å². The Balaban J connectivity index is 2.15. The number of aromatic nitrogens is 1. The zero-order valence-corrected chi connectivity index (χ0v) is 12.7. The quantitative estimate of drug-likeness (QED) is 0.627. The molecule has 0 amide bonds. The Morgan fingerprint density at radius 2 is 2.00 bits per heavy atom. The van der Waals surface area contributed by atoms with Crippen molar-refractivity contribution in [2.24, 2.45) is 0 Å². The summed E-state index contributed by atoms with van der Waals surface area (Å²) >= 11 is 8.34. The van der Waals surface area contributed by atoms with Gasteiger partial charge in [-0.25, -0.2) is 4.79 Å². The van der Waals surface area contributed by atoms with Gasteiger partial charge in [-0.1, -0.05) is 29.8 Å². The summed E-state index contributed by atoms with van der Waals surface area (Å²) in [7, 11) is 0. The van der Waals surface area contributed by atoms with Crippen molar-refractivity contribution in [3.63, 3.8) is 0 Å². The molecule has 0 spiro atoms. The molecule has 0 aliphatic carbocycles. The molecule has 2 aromatic carbocycles. The van der Waals surface area contributed by atoms with Crippen LogP contribution in [0, 0.1) is 3.57 Å². The SMILES string of the molecule is O=c1oc2ccc(I)cc2n1Cc1ccccc1Cl. The van der Waals surface area contributed by atoms with E-state index in [2.05, 4.69) is 22.6 Å². The number of halogens is 2. The normalized spacial score (nSPS) is 11.1. The Morgan fingerprint density at radius 1 is 1.21 bits per heavy atom. The van der Waals surface area contributed by atoms with Gasteiger partial charge in [-0.2, -0.15) is 0 Å². The Morgan fingerprint density at radius 3 is 2.79 bits per heavy atom. The first-order valence-corrected chi connectivity index (χ1v) is 7.13. The number of hydrogen-bond acceptors (Lipinski definition) is 2. The van der Waals surface area contributed by atoms with Crippen molar-refractivity contribution < 1.29 is 4.42 Å². The van der Waals surface area contributed by atoms with Gasteiger partial charge < -0.3 is 4.42 Å². The molecular formula is C14H9ClINO2. The second-order valence-electron chi connectivity index (χ2n) is 4.16. The van der Waals surface area contributed by atoms with E-state index in [0.717, 1.165) is 14.7 Å². The number of rotatable bonds is 2. The first-order valence-electron chi connectivity index (χ1n) is 5.67. The monoisotopic (exact) mass is 385 g/mol. The van der Waals surface area contributed by atoms with Gasteiger partial charge >= 0.3 is 5.76 Å². The summed E-state index contributed by atoms with van der Waals surface area (Å²) in [5.74, 6) is -0.364. The third kappa shape index (κ3) is 2.42. The summed E-state index contributed by atoms with van der Waals surface area (Å²) in [6.07, 6.45) is 0. The number of oxazole rings is 1. The van der Waals surface area contributed by atoms with Crippen LogP contribution < -0.4 is 5.76 Å². The Kier molecular flexibility index (Phi) is 3.36. The lowest BCUT2D eigenvalue weighted by Crippen LogP contribution is -2.15. The fourth-order valence-electron chi connectivity index (χ4n) is 1.98. The van der Waals surface area contributed by atoms with Crippen molar-refractivity contribution in [1.29, 1.82) is 0 Å². The van der Waals surface area contributed by atoms with E-state index in [1.807, 2.05) is 42.5 Å². The van der Waals surface area contributed by atoms with Crippen molar-refractivity contribution in [2.45, 2.75) is 6.54 Å². The van der Waals surface area contributed by atoms with E-state index in [4.69, 9.17) is 16.0 Å². The van der Waals surface area contributed by atoms with Gasteiger partial charge in [-0.15, -0.1) is 0 Å². The summed E-state index contributed by atoms with van der Waals surface area (Å²) in [6.45, 7) is 0.408. The smallest absolute Gasteiger partial charge is 0.408 e. The van der Waals surface area contributed by atoms with E-state index in [1.165, 1.54) is 0 Å². The van der Waals surface area contributed by atoms with Crippen LogP contribution in [-0.2, 0) is 6.54 Å². The molecule has 3 nitrogen and oxygen atoms in total. The van der Waals surface area contributed by atoms with Gasteiger partial charge in [-0.3, -0.25) is 4.57 Å². The summed E-state index contributed by atoms with van der Waals surface area (Å²) in [5.41, 5.74) is 2.28. The molecular weight excluding hydrogens is 377 g/mol. The first kappa shape index (κ1) is 12.7. The molecule has 5 heteroatoms. The topological polar surface area (TPSA) is 35.1 Å². The minimum Gasteiger partial charge on any atom is -0.408 e. The number of benzene rings is 2. The molecule has 3 rings (SSSR count). The molecule has 0 atom stereocenters. The summed E-state index contributed by atoms with van der Waals surface area (Å²) in [4.78, 5) is 11.9. The molecule has 0 saturated carbocycles. The molecule has 1 heterocycles. The largest absolute Gasteiger partial charge is 0.420 e. The fraction of sp³-hybridized carbons (Fsp3) is 0.0714. The van der Waals surface area contributed by atoms with Crippen molar-refractivity contribution in [1.82, 2.24) is 4.57 Å². The maximum atomic E-state index is 11.9. The zero-order valence-electron chi connectivity index (χ0n) is 9.77. The van der Waals surface area contributed by atoms with Gasteiger partial charge in [0.1, 0.15) is 0 Å². The summed E-state index contributed by atoms with van der Waals surface area (Å²) in [5, 5.41) is 0.648. The average Bonchev–Trinajstić information content (AvgIpc) is 2.69. The van der Waals surface area contributed by atoms with Crippen molar-refractivity contribution in [3.05, 3.63) is 67.2 Å². The molecule has 0 aliphatic heterocycles. The molecule has 3 aromatic rings. The zero-order chi connectivity index (χ0) is 13.4. The van der Waals surface area contributed by atoms with Crippen molar-refractivity contribution in [3.8, 4) is 0 Å². The lowest BCUT2D eigenvalue weighted by atomic mass is 10.2. The highest BCUT2D eigenvalue weighted by molar-refractivity contribution is 14.1. The molecule has 0 radical (unpaired) electrons. The number of nitrogens with zero attached hydrogens (tertiary/aromatic N) is 1. The maximum absolute atomic E-state index is 11.9. The van der Waals surface area contributed by atoms with Gasteiger partial charge in [0.05, 0.1) is 12.1 Å². The molecule has 0 bridgehead atoms. The van der Waals surface area contributed by atoms with E-state index >= 15 is 0 Å². The van der Waals surface area contributed by atoms with Gasteiger partial charge in [0.15, 0.2) is 5.58 Å². The van der Waals surface area contributed by atoms with E-state index in [-0.39, 0.29) is 5.76 Å². The lowest BCUT2D eigenvalue weighted by Gasteiger charge is -2.04. The van der Waals surface area contributed by atoms with Crippen LogP contribution in [-0.4, -0.2) is 4.57 Å². The third-order valence-electron chi connectivity index (χ3n) is 2.92. The van der Waals surface area contributed by atoms with E-state index < -0.39 is 0 Å². The minimum absolute atomic E-state index is 0.364. The van der Waals surface area contributed by atoms with E-state index in [9.17, 15) is 4.79 Å². The van der Waals surface area contributed by atoms with E-state index in [1.54, 1.807) is 4.57 Å². The van der Waals surface area contributed by atoms with Gasteiger partial charge in [0.2, 0.25) is 0 Å². The highest BCUT2D eigenvalue weighted by atomic mass is 127. The average molecular weight is 386 g/mol. The number of hydrogen-bond donors (Lipinski definition) is 0. The molecule has 0 N–H and O–H groups in total. The van der Waals surface area contributed by atoms with Crippen LogP contribution >= 0.6 is 34.2 Å². The maximum Gasteiger partial charge on any atom is 0.420 e. The van der Waals surface area contributed by atoms with Crippen LogP contribution in [0.2, 0.25) is 5.02 Å². The predicted octanol–water partition coefficient (Wildman–Crippen LogP) is 3.90. The second-order valence-corrected chi connectivity index (χ2v) is 5.81. The van der Waals surface area contributed by atoms with Crippen molar-refractivity contribution >= 4 is 45.3 Å². The molecule has 96 valence electrons. The summed E-state index contributed by atoms with van der Waals surface area (Å²) in [6, 6.07) is 13.1. The molecule has 19 heavy (non-hydrogen) atoms. The van der Waals surface area contributed by atoms with Crippen LogP contribution in [0.5, 0.6) is 0 Å². The molecule has 0 saturated heterocycles. The van der Waals surface area contributed by atoms with E-state index in [0.29, 0.717) is 17.2 Å².